The first-order chi connectivity index (χ1) is 19.4. The maximum atomic E-state index is 12.9. The van der Waals surface area contributed by atoms with Gasteiger partial charge in [-0.05, 0) is 71.0 Å². The number of alkyl halides is 3. The van der Waals surface area contributed by atoms with Gasteiger partial charge >= 0.3 is 6.36 Å². The van der Waals surface area contributed by atoms with Crippen LogP contribution in [0.15, 0.2) is 100 Å². The molecule has 5 aromatic rings. The van der Waals surface area contributed by atoms with E-state index in [2.05, 4.69) is 20.3 Å². The third kappa shape index (κ3) is 6.29. The zero-order valence-corrected chi connectivity index (χ0v) is 22.5. The third-order valence-corrected chi connectivity index (χ3v) is 7.21. The van der Waals surface area contributed by atoms with Crippen molar-refractivity contribution < 1.29 is 31.4 Å². The number of hydrogen-bond donors (Lipinski definition) is 3. The molecule has 4 aromatic carbocycles. The Morgan fingerprint density at radius 1 is 1.00 bits per heavy atom. The predicted octanol–water partition coefficient (Wildman–Crippen LogP) is 6.58. The number of primary sulfonamides is 1. The van der Waals surface area contributed by atoms with Crippen molar-refractivity contribution in [2.24, 2.45) is 15.4 Å². The first-order valence-electron chi connectivity index (χ1n) is 11.8. The lowest BCUT2D eigenvalue weighted by molar-refractivity contribution is -0.274. The Balaban J connectivity index is 1.51. The molecule has 14 heteroatoms. The van der Waals surface area contributed by atoms with Crippen molar-refractivity contribution in [1.29, 1.82) is 0 Å². The van der Waals surface area contributed by atoms with Crippen LogP contribution in [0.1, 0.15) is 5.56 Å². The molecule has 0 radical (unpaired) electrons. The zero-order valence-electron chi connectivity index (χ0n) is 20.8. The van der Waals surface area contributed by atoms with Crippen LogP contribution in [0, 0.1) is 0 Å². The number of azo groups is 1. The highest BCUT2D eigenvalue weighted by Crippen LogP contribution is 2.42. The van der Waals surface area contributed by atoms with Crippen LogP contribution in [0.5, 0.6) is 11.6 Å². The second kappa shape index (κ2) is 10.8. The fraction of sp³-hybridized carbons (Fsp3) is 0.0741. The van der Waals surface area contributed by atoms with Crippen molar-refractivity contribution in [3.63, 3.8) is 0 Å². The van der Waals surface area contributed by atoms with Gasteiger partial charge in [-0.25, -0.2) is 13.6 Å². The number of thiocarbonyl (C=S) groups is 1. The molecule has 0 unspecified atom stereocenters. The van der Waals surface area contributed by atoms with Crippen LogP contribution in [0.25, 0.3) is 21.7 Å². The molecular weight excluding hydrogens is 579 g/mol. The molecule has 0 saturated heterocycles. The minimum atomic E-state index is -4.92. The molecule has 0 bridgehead atoms. The summed E-state index contributed by atoms with van der Waals surface area (Å²) >= 11 is 5.19. The summed E-state index contributed by atoms with van der Waals surface area (Å²) in [5.41, 5.74) is 1.50. The number of nitrogens with one attached hydrogen (secondary N) is 1. The summed E-state index contributed by atoms with van der Waals surface area (Å²) in [5.74, 6) is -0.847. The number of sulfonamides is 1. The quantitative estimate of drug-likeness (QED) is 0.149. The van der Waals surface area contributed by atoms with E-state index in [0.29, 0.717) is 11.2 Å². The van der Waals surface area contributed by atoms with Gasteiger partial charge in [-0.15, -0.1) is 23.4 Å². The molecule has 9 nitrogen and oxygen atoms in total. The molecule has 0 aliphatic carbocycles. The zero-order chi connectivity index (χ0) is 29.4. The fourth-order valence-electron chi connectivity index (χ4n) is 4.33. The van der Waals surface area contributed by atoms with Crippen LogP contribution in [0.4, 0.5) is 24.5 Å². The number of nitrogens with two attached hydrogens (primary N) is 1. The van der Waals surface area contributed by atoms with Gasteiger partial charge in [0.05, 0.1) is 17.0 Å². The molecule has 0 aliphatic heterocycles. The Labute approximate surface area is 236 Å². The highest BCUT2D eigenvalue weighted by atomic mass is 32.2. The van der Waals surface area contributed by atoms with Crippen molar-refractivity contribution in [2.75, 3.05) is 5.32 Å². The summed E-state index contributed by atoms with van der Waals surface area (Å²) in [4.78, 5) is -0.101. The first-order valence-corrected chi connectivity index (χ1v) is 13.8. The molecular formula is C27H20F3N5O4S2. The topological polar surface area (TPSA) is 131 Å². The third-order valence-electron chi connectivity index (χ3n) is 6.10. The Bertz CT molecular complexity index is 1920. The molecule has 1 heterocycles. The summed E-state index contributed by atoms with van der Waals surface area (Å²) in [6.45, 7) is 0.178. The standard InChI is InChI=1S/C27H20F3N5O4S2/c28-27(29,30)39-19-10-13-23-22(14-19)24(33-34-26(40)32-18-8-11-20(12-9-18)41(31,37)38)25(36)35(23)15-17-6-3-5-16-4-1-2-7-21(16)17/h1-14,36H,15H2,(H,32,40)(H2,31,37,38). The van der Waals surface area contributed by atoms with Gasteiger partial charge in [-0.2, -0.15) is 0 Å². The molecule has 0 saturated carbocycles. The van der Waals surface area contributed by atoms with Gasteiger partial charge in [-0.3, -0.25) is 0 Å². The van der Waals surface area contributed by atoms with Gasteiger partial charge in [-0.1, -0.05) is 42.5 Å². The number of halogens is 3. The Morgan fingerprint density at radius 2 is 1.71 bits per heavy atom. The summed E-state index contributed by atoms with van der Waals surface area (Å²) in [7, 11) is -3.88. The molecule has 0 spiro atoms. The first kappa shape index (κ1) is 28.0. The van der Waals surface area contributed by atoms with E-state index >= 15 is 0 Å². The lowest BCUT2D eigenvalue weighted by Crippen LogP contribution is -2.17. The van der Waals surface area contributed by atoms with Crippen LogP contribution in [-0.2, 0) is 16.6 Å². The molecule has 0 atom stereocenters. The van der Waals surface area contributed by atoms with Crippen molar-refractivity contribution in [3.05, 3.63) is 90.5 Å². The minimum Gasteiger partial charge on any atom is -0.493 e. The highest BCUT2D eigenvalue weighted by molar-refractivity contribution is 7.89. The van der Waals surface area contributed by atoms with Gasteiger partial charge in [0.2, 0.25) is 21.0 Å². The second-order valence-corrected chi connectivity index (χ2v) is 10.8. The monoisotopic (exact) mass is 599 g/mol. The minimum absolute atomic E-state index is 0.101. The SMILES string of the molecule is NS(=O)(=O)c1ccc(NC(=S)N=Nc2c(O)n(Cc3cccc4ccccc34)c3ccc(OC(F)(F)F)cc23)cc1. The molecule has 0 amide bonds. The summed E-state index contributed by atoms with van der Waals surface area (Å²) in [6, 6.07) is 22.4. The number of ether oxygens (including phenoxy) is 1. The number of anilines is 1. The Kier molecular flexibility index (Phi) is 7.38. The highest BCUT2D eigenvalue weighted by Gasteiger charge is 2.31. The number of nitrogens with zero attached hydrogens (tertiary/aromatic N) is 3. The average molecular weight is 600 g/mol. The second-order valence-electron chi connectivity index (χ2n) is 8.82. The van der Waals surface area contributed by atoms with Crippen molar-refractivity contribution in [2.45, 2.75) is 17.8 Å². The van der Waals surface area contributed by atoms with E-state index in [4.69, 9.17) is 17.4 Å². The van der Waals surface area contributed by atoms with E-state index in [9.17, 15) is 26.7 Å². The molecule has 0 aliphatic rings. The number of fused-ring (bicyclic) bond motifs is 2. The average Bonchev–Trinajstić information content (AvgIpc) is 3.16. The predicted molar refractivity (Wildman–Crippen MR) is 152 cm³/mol. The summed E-state index contributed by atoms with van der Waals surface area (Å²) < 4.78 is 67.3. The number of aromatic nitrogens is 1. The Morgan fingerprint density at radius 3 is 2.41 bits per heavy atom. The van der Waals surface area contributed by atoms with Crippen molar-refractivity contribution >= 4 is 60.4 Å². The largest absolute Gasteiger partial charge is 0.573 e. The molecule has 5 rings (SSSR count). The van der Waals surface area contributed by atoms with Crippen molar-refractivity contribution in [1.82, 2.24) is 4.57 Å². The number of aromatic hydroxyl groups is 1. The van der Waals surface area contributed by atoms with Crippen LogP contribution >= 0.6 is 12.2 Å². The molecule has 41 heavy (non-hydrogen) atoms. The van der Waals surface area contributed by atoms with Crippen LogP contribution in [-0.4, -0.2) is 29.6 Å². The number of benzene rings is 4. The van der Waals surface area contributed by atoms with E-state index in [-0.39, 0.29) is 33.5 Å². The van der Waals surface area contributed by atoms with E-state index in [1.54, 1.807) is 0 Å². The van der Waals surface area contributed by atoms with E-state index < -0.39 is 22.1 Å². The van der Waals surface area contributed by atoms with E-state index in [1.807, 2.05) is 42.5 Å². The van der Waals surface area contributed by atoms with E-state index in [0.717, 1.165) is 28.5 Å². The summed E-state index contributed by atoms with van der Waals surface area (Å²) in [5, 5.41) is 28.9. The lowest BCUT2D eigenvalue weighted by Gasteiger charge is -2.11. The maximum absolute atomic E-state index is 12.9. The normalized spacial score (nSPS) is 12.3. The molecule has 210 valence electrons. The summed E-state index contributed by atoms with van der Waals surface area (Å²) in [6.07, 6.45) is -4.92. The number of hydrogen-bond acceptors (Lipinski definition) is 6. The number of rotatable bonds is 6. The van der Waals surface area contributed by atoms with Gasteiger partial charge < -0.3 is 19.7 Å². The Hall–Kier alpha value is -4.53. The van der Waals surface area contributed by atoms with Gasteiger partial charge in [0, 0.05) is 11.1 Å². The fourth-order valence-corrected chi connectivity index (χ4v) is 5.00. The van der Waals surface area contributed by atoms with Gasteiger partial charge in [0.15, 0.2) is 5.69 Å². The molecule has 1 aromatic heterocycles. The molecule has 4 N–H and O–H groups in total. The smallest absolute Gasteiger partial charge is 0.493 e. The van der Waals surface area contributed by atoms with Gasteiger partial charge in [0.25, 0.3) is 0 Å². The van der Waals surface area contributed by atoms with Crippen LogP contribution < -0.4 is 15.2 Å². The van der Waals surface area contributed by atoms with Crippen molar-refractivity contribution in [3.8, 4) is 11.6 Å². The van der Waals surface area contributed by atoms with Gasteiger partial charge in [0.1, 0.15) is 5.75 Å². The lowest BCUT2D eigenvalue weighted by atomic mass is 10.0. The van der Waals surface area contributed by atoms with Crippen LogP contribution in [0.3, 0.4) is 0 Å². The van der Waals surface area contributed by atoms with E-state index in [1.165, 1.54) is 34.9 Å². The van der Waals surface area contributed by atoms with Crippen LogP contribution in [0.2, 0.25) is 0 Å². The molecule has 0 fully saturated rings. The maximum Gasteiger partial charge on any atom is 0.573 e.